The number of H-pyrrole nitrogens is 1. The summed E-state index contributed by atoms with van der Waals surface area (Å²) in [6.07, 6.45) is -1.04. The Morgan fingerprint density at radius 1 is 1.23 bits per heavy atom. The van der Waals surface area contributed by atoms with Gasteiger partial charge in [0.15, 0.2) is 5.69 Å². The highest BCUT2D eigenvalue weighted by Crippen LogP contribution is 2.39. The van der Waals surface area contributed by atoms with Crippen molar-refractivity contribution in [3.05, 3.63) is 52.1 Å². The van der Waals surface area contributed by atoms with E-state index in [0.29, 0.717) is 44.2 Å². The molecule has 0 saturated carbocycles. The van der Waals surface area contributed by atoms with E-state index in [0.717, 1.165) is 30.3 Å². The van der Waals surface area contributed by atoms with Crippen molar-refractivity contribution < 1.29 is 22.4 Å². The number of amides is 1. The topological polar surface area (TPSA) is 52.2 Å². The van der Waals surface area contributed by atoms with E-state index in [-0.39, 0.29) is 17.4 Å². The molecule has 162 valence electrons. The number of fused-ring (bicyclic) bond motifs is 1. The average Bonchev–Trinajstić information content (AvgIpc) is 3.16. The van der Waals surface area contributed by atoms with Crippen LogP contribution in [0.25, 0.3) is 0 Å². The van der Waals surface area contributed by atoms with E-state index in [1.807, 2.05) is 6.26 Å². The lowest BCUT2D eigenvalue weighted by molar-refractivity contribution is -0.138. The summed E-state index contributed by atoms with van der Waals surface area (Å²) >= 11 is 1.62. The molecule has 0 bridgehead atoms. The smallest absolute Gasteiger partial charge is 0.337 e. The molecular formula is C20H22F4N4OS. The number of aromatic amines is 1. The second-order valence-corrected chi connectivity index (χ2v) is 8.50. The van der Waals surface area contributed by atoms with Gasteiger partial charge in [0, 0.05) is 43.9 Å². The molecule has 1 fully saturated rings. The van der Waals surface area contributed by atoms with Gasteiger partial charge in [-0.15, -0.1) is 0 Å². The fraction of sp³-hybridized carbons (Fsp3) is 0.500. The number of alkyl halides is 3. The maximum Gasteiger partial charge on any atom is 0.416 e. The number of nitrogens with one attached hydrogen (secondary N) is 1. The van der Waals surface area contributed by atoms with Crippen LogP contribution in [0.15, 0.2) is 18.2 Å². The van der Waals surface area contributed by atoms with Crippen LogP contribution >= 0.6 is 11.9 Å². The van der Waals surface area contributed by atoms with E-state index in [9.17, 15) is 22.4 Å². The summed E-state index contributed by atoms with van der Waals surface area (Å²) in [5, 5.41) is 7.19. The fourth-order valence-electron chi connectivity index (χ4n) is 4.28. The van der Waals surface area contributed by atoms with Crippen molar-refractivity contribution in [2.75, 3.05) is 25.9 Å². The zero-order valence-corrected chi connectivity index (χ0v) is 17.2. The molecule has 0 aliphatic carbocycles. The van der Waals surface area contributed by atoms with E-state index in [4.69, 9.17) is 0 Å². The van der Waals surface area contributed by atoms with E-state index in [1.54, 1.807) is 16.8 Å². The van der Waals surface area contributed by atoms with Crippen LogP contribution in [0.3, 0.4) is 0 Å². The van der Waals surface area contributed by atoms with Gasteiger partial charge in [0.2, 0.25) is 0 Å². The summed E-state index contributed by atoms with van der Waals surface area (Å²) in [4.78, 5) is 14.7. The van der Waals surface area contributed by atoms with Crippen LogP contribution < -0.4 is 0 Å². The third kappa shape index (κ3) is 4.07. The van der Waals surface area contributed by atoms with Crippen molar-refractivity contribution in [1.82, 2.24) is 19.4 Å². The Bertz CT molecular complexity index is 937. The Morgan fingerprint density at radius 3 is 2.63 bits per heavy atom. The highest BCUT2D eigenvalue weighted by Gasteiger charge is 2.37. The largest absolute Gasteiger partial charge is 0.416 e. The standard InChI is InChI=1S/C20H22F4N4OS/c1-30-28-9-6-17-15(11-28)18(26-25-17)19(29)27-7-4-12(5-8-27)14-3-2-13(21)10-16(14)20(22,23)24/h2-3,10,12H,4-9,11H2,1H3,(H,25,26). The van der Waals surface area contributed by atoms with Crippen molar-refractivity contribution in [3.63, 3.8) is 0 Å². The monoisotopic (exact) mass is 442 g/mol. The molecule has 1 aromatic carbocycles. The van der Waals surface area contributed by atoms with Crippen molar-refractivity contribution in [1.29, 1.82) is 0 Å². The predicted molar refractivity (Wildman–Crippen MR) is 105 cm³/mol. The van der Waals surface area contributed by atoms with Gasteiger partial charge in [-0.1, -0.05) is 18.0 Å². The van der Waals surface area contributed by atoms with Gasteiger partial charge >= 0.3 is 6.18 Å². The van der Waals surface area contributed by atoms with Gasteiger partial charge in [-0.3, -0.25) is 9.89 Å². The molecule has 5 nitrogen and oxygen atoms in total. The minimum absolute atomic E-state index is 0.101. The summed E-state index contributed by atoms with van der Waals surface area (Å²) < 4.78 is 55.6. The van der Waals surface area contributed by atoms with Gasteiger partial charge < -0.3 is 4.90 Å². The molecule has 10 heteroatoms. The first-order chi connectivity index (χ1) is 14.3. The van der Waals surface area contributed by atoms with Crippen LogP contribution in [0.1, 0.15) is 51.6 Å². The highest BCUT2D eigenvalue weighted by atomic mass is 32.2. The number of aromatic nitrogens is 2. The number of nitrogens with zero attached hydrogens (tertiary/aromatic N) is 3. The van der Waals surface area contributed by atoms with Gasteiger partial charge in [0.1, 0.15) is 5.82 Å². The summed E-state index contributed by atoms with van der Waals surface area (Å²) in [6.45, 7) is 2.20. The number of benzene rings is 1. The van der Waals surface area contributed by atoms with Crippen LogP contribution in [0, 0.1) is 5.82 Å². The third-order valence-corrected chi connectivity index (χ3v) is 6.73. The lowest BCUT2D eigenvalue weighted by Crippen LogP contribution is -2.39. The minimum atomic E-state index is -4.61. The second kappa shape index (κ2) is 8.22. The fourth-order valence-corrected chi connectivity index (χ4v) is 4.81. The Kier molecular flexibility index (Phi) is 5.80. The Balaban J connectivity index is 1.48. The Labute approximate surface area is 175 Å². The van der Waals surface area contributed by atoms with Gasteiger partial charge in [-0.25, -0.2) is 8.70 Å². The molecule has 2 aliphatic rings. The maximum absolute atomic E-state index is 13.4. The van der Waals surface area contributed by atoms with Crippen molar-refractivity contribution in [2.24, 2.45) is 0 Å². The third-order valence-electron chi connectivity index (χ3n) is 5.90. The lowest BCUT2D eigenvalue weighted by Gasteiger charge is -2.33. The highest BCUT2D eigenvalue weighted by molar-refractivity contribution is 7.96. The minimum Gasteiger partial charge on any atom is -0.337 e. The summed E-state index contributed by atoms with van der Waals surface area (Å²) in [5.41, 5.74) is 1.45. The number of hydrogen-bond acceptors (Lipinski definition) is 4. The lowest BCUT2D eigenvalue weighted by atomic mass is 9.86. The number of halogens is 4. The number of carbonyl (C=O) groups is 1. The van der Waals surface area contributed by atoms with E-state index in [2.05, 4.69) is 14.5 Å². The number of likely N-dealkylation sites (tertiary alicyclic amines) is 1. The molecule has 1 amide bonds. The normalized spacial score (nSPS) is 18.5. The number of carbonyl (C=O) groups excluding carboxylic acids is 1. The molecule has 4 rings (SSSR count). The SMILES string of the molecule is CSN1CCc2[nH]nc(C(=O)N3CCC(c4ccc(F)cc4C(F)(F)F)CC3)c2C1. The Morgan fingerprint density at radius 2 is 1.97 bits per heavy atom. The molecule has 0 spiro atoms. The molecule has 1 saturated heterocycles. The van der Waals surface area contributed by atoms with E-state index in [1.165, 1.54) is 6.07 Å². The summed E-state index contributed by atoms with van der Waals surface area (Å²) in [6, 6.07) is 2.84. The van der Waals surface area contributed by atoms with Gasteiger partial charge in [0.25, 0.3) is 5.91 Å². The molecule has 0 unspecified atom stereocenters. The van der Waals surface area contributed by atoms with Gasteiger partial charge in [0.05, 0.1) is 5.56 Å². The average molecular weight is 442 g/mol. The number of rotatable bonds is 3. The number of piperidine rings is 1. The molecule has 2 aliphatic heterocycles. The molecule has 3 heterocycles. The van der Waals surface area contributed by atoms with Gasteiger partial charge in [-0.2, -0.15) is 18.3 Å². The van der Waals surface area contributed by atoms with Crippen molar-refractivity contribution in [2.45, 2.75) is 37.9 Å². The molecule has 2 aromatic rings. The second-order valence-electron chi connectivity index (χ2n) is 7.62. The van der Waals surface area contributed by atoms with Crippen LogP contribution in [0.5, 0.6) is 0 Å². The summed E-state index contributed by atoms with van der Waals surface area (Å²) in [5.74, 6) is -1.46. The van der Waals surface area contributed by atoms with Crippen LogP contribution in [0.4, 0.5) is 17.6 Å². The van der Waals surface area contributed by atoms with Crippen LogP contribution in [-0.4, -0.2) is 51.2 Å². The van der Waals surface area contributed by atoms with Crippen LogP contribution in [0.2, 0.25) is 0 Å². The first-order valence-electron chi connectivity index (χ1n) is 9.79. The molecule has 1 N–H and O–H groups in total. The van der Waals surface area contributed by atoms with Crippen LogP contribution in [-0.2, 0) is 19.1 Å². The molecule has 0 atom stereocenters. The first kappa shape index (κ1) is 21.2. The number of hydrogen-bond donors (Lipinski definition) is 1. The first-order valence-corrected chi connectivity index (χ1v) is 11.0. The van der Waals surface area contributed by atoms with E-state index < -0.39 is 17.6 Å². The molecule has 0 radical (unpaired) electrons. The molecular weight excluding hydrogens is 420 g/mol. The Hall–Kier alpha value is -2.07. The molecule has 1 aromatic heterocycles. The van der Waals surface area contributed by atoms with Crippen molar-refractivity contribution in [3.8, 4) is 0 Å². The quantitative estimate of drug-likeness (QED) is 0.571. The van der Waals surface area contributed by atoms with Gasteiger partial charge in [-0.05, 0) is 42.7 Å². The summed E-state index contributed by atoms with van der Waals surface area (Å²) in [7, 11) is 0. The zero-order chi connectivity index (χ0) is 21.5. The maximum atomic E-state index is 13.4. The van der Waals surface area contributed by atoms with Crippen molar-refractivity contribution >= 4 is 17.9 Å². The zero-order valence-electron chi connectivity index (χ0n) is 16.4. The molecule has 30 heavy (non-hydrogen) atoms. The predicted octanol–water partition coefficient (Wildman–Crippen LogP) is 4.22. The van der Waals surface area contributed by atoms with E-state index >= 15 is 0 Å².